The largest absolute Gasteiger partial charge is 0.392 e. The van der Waals surface area contributed by atoms with E-state index >= 15 is 0 Å². The lowest BCUT2D eigenvalue weighted by Crippen LogP contribution is -2.15. The number of carbonyl (C=O) groups excluding carboxylic acids is 1. The van der Waals surface area contributed by atoms with Crippen molar-refractivity contribution in [2.75, 3.05) is 0 Å². The SMILES string of the molecule is NC(=O)c1ncc2cc(-c3ccccc3)c(-c3ccc(CO)cc3)nc2c1F. The van der Waals surface area contributed by atoms with Crippen molar-refractivity contribution in [3.63, 3.8) is 0 Å². The molecule has 138 valence electrons. The molecule has 2 aromatic carbocycles. The van der Waals surface area contributed by atoms with Crippen molar-refractivity contribution in [2.24, 2.45) is 5.73 Å². The number of primary amides is 1. The van der Waals surface area contributed by atoms with Crippen LogP contribution in [0.15, 0.2) is 66.9 Å². The molecule has 0 aliphatic carbocycles. The van der Waals surface area contributed by atoms with Gasteiger partial charge in [-0.3, -0.25) is 4.79 Å². The number of nitrogens with zero attached hydrogens (tertiary/aromatic N) is 2. The van der Waals surface area contributed by atoms with Crippen molar-refractivity contribution >= 4 is 16.8 Å². The van der Waals surface area contributed by atoms with Crippen LogP contribution in [-0.2, 0) is 6.61 Å². The molecule has 0 bridgehead atoms. The number of benzene rings is 2. The molecule has 4 aromatic rings. The lowest BCUT2D eigenvalue weighted by Gasteiger charge is -2.13. The van der Waals surface area contributed by atoms with Gasteiger partial charge in [0.15, 0.2) is 11.5 Å². The third-order valence-corrected chi connectivity index (χ3v) is 4.53. The second-order valence-electron chi connectivity index (χ2n) is 6.33. The number of halogens is 1. The number of aliphatic hydroxyl groups is 1. The van der Waals surface area contributed by atoms with Crippen LogP contribution in [0.3, 0.4) is 0 Å². The van der Waals surface area contributed by atoms with Crippen molar-refractivity contribution in [3.05, 3.63) is 83.9 Å². The van der Waals surface area contributed by atoms with E-state index in [2.05, 4.69) is 9.97 Å². The van der Waals surface area contributed by atoms with Gasteiger partial charge in [0.2, 0.25) is 0 Å². The Hall–Kier alpha value is -3.64. The molecule has 3 N–H and O–H groups in total. The summed E-state index contributed by atoms with van der Waals surface area (Å²) in [6, 6.07) is 18.6. The first-order valence-electron chi connectivity index (χ1n) is 8.63. The van der Waals surface area contributed by atoms with E-state index in [9.17, 15) is 14.3 Å². The molecule has 5 nitrogen and oxygen atoms in total. The van der Waals surface area contributed by atoms with Crippen LogP contribution in [0, 0.1) is 5.82 Å². The average Bonchev–Trinajstić information content (AvgIpc) is 2.74. The average molecular weight is 373 g/mol. The van der Waals surface area contributed by atoms with Crippen LogP contribution in [-0.4, -0.2) is 21.0 Å². The Balaban J connectivity index is 2.02. The van der Waals surface area contributed by atoms with Crippen molar-refractivity contribution in [2.45, 2.75) is 6.61 Å². The van der Waals surface area contributed by atoms with E-state index in [-0.39, 0.29) is 12.1 Å². The highest BCUT2D eigenvalue weighted by atomic mass is 19.1. The minimum absolute atomic E-state index is 0.0321. The van der Waals surface area contributed by atoms with Gasteiger partial charge in [0, 0.05) is 22.7 Å². The maximum atomic E-state index is 14.8. The minimum atomic E-state index is -0.942. The topological polar surface area (TPSA) is 89.1 Å². The van der Waals surface area contributed by atoms with Crippen LogP contribution in [0.25, 0.3) is 33.3 Å². The Bertz CT molecular complexity index is 1180. The summed E-state index contributed by atoms with van der Waals surface area (Å²) in [6.45, 7) is -0.0702. The zero-order valence-corrected chi connectivity index (χ0v) is 14.8. The molecule has 0 aliphatic rings. The van der Waals surface area contributed by atoms with E-state index in [1.54, 1.807) is 18.2 Å². The summed E-state index contributed by atoms with van der Waals surface area (Å²) in [5.41, 5.74) is 8.61. The van der Waals surface area contributed by atoms with Crippen LogP contribution in [0.2, 0.25) is 0 Å². The minimum Gasteiger partial charge on any atom is -0.392 e. The predicted molar refractivity (Wildman–Crippen MR) is 105 cm³/mol. The van der Waals surface area contributed by atoms with Gasteiger partial charge >= 0.3 is 0 Å². The first-order valence-corrected chi connectivity index (χ1v) is 8.63. The third kappa shape index (κ3) is 3.10. The van der Waals surface area contributed by atoms with E-state index in [1.807, 2.05) is 42.5 Å². The molecule has 0 unspecified atom stereocenters. The lowest BCUT2D eigenvalue weighted by molar-refractivity contribution is 0.0991. The molecule has 6 heteroatoms. The van der Waals surface area contributed by atoms with Crippen molar-refractivity contribution in [3.8, 4) is 22.4 Å². The molecule has 0 radical (unpaired) electrons. The number of rotatable bonds is 4. The Morgan fingerprint density at radius 2 is 1.75 bits per heavy atom. The van der Waals surface area contributed by atoms with E-state index in [0.717, 1.165) is 22.3 Å². The third-order valence-electron chi connectivity index (χ3n) is 4.53. The summed E-state index contributed by atoms with van der Waals surface area (Å²) in [6.07, 6.45) is 1.40. The van der Waals surface area contributed by atoms with Crippen molar-refractivity contribution in [1.29, 1.82) is 0 Å². The smallest absolute Gasteiger partial charge is 0.270 e. The number of hydrogen-bond donors (Lipinski definition) is 2. The van der Waals surface area contributed by atoms with Gasteiger partial charge < -0.3 is 10.8 Å². The van der Waals surface area contributed by atoms with Gasteiger partial charge in [-0.15, -0.1) is 0 Å². The summed E-state index contributed by atoms with van der Waals surface area (Å²) < 4.78 is 14.8. The van der Waals surface area contributed by atoms with Crippen LogP contribution in [0.1, 0.15) is 16.1 Å². The highest BCUT2D eigenvalue weighted by Crippen LogP contribution is 2.34. The van der Waals surface area contributed by atoms with E-state index < -0.39 is 17.4 Å². The molecule has 0 saturated heterocycles. The second kappa shape index (κ2) is 7.17. The quantitative estimate of drug-likeness (QED) is 0.571. The van der Waals surface area contributed by atoms with E-state index in [4.69, 9.17) is 5.73 Å². The zero-order chi connectivity index (χ0) is 19.7. The summed E-state index contributed by atoms with van der Waals surface area (Å²) in [7, 11) is 0. The summed E-state index contributed by atoms with van der Waals surface area (Å²) in [5.74, 6) is -1.78. The maximum absolute atomic E-state index is 14.8. The molecule has 28 heavy (non-hydrogen) atoms. The fourth-order valence-electron chi connectivity index (χ4n) is 3.10. The number of nitrogens with two attached hydrogens (primary N) is 1. The molecule has 0 spiro atoms. The molecule has 0 saturated carbocycles. The molecule has 2 aromatic heterocycles. The Labute approximate surface area is 160 Å². The predicted octanol–water partition coefficient (Wildman–Crippen LogP) is 3.69. The number of aliphatic hydroxyl groups excluding tert-OH is 1. The number of aromatic nitrogens is 2. The summed E-state index contributed by atoms with van der Waals surface area (Å²) in [4.78, 5) is 19.8. The first-order chi connectivity index (χ1) is 13.6. The van der Waals surface area contributed by atoms with Crippen LogP contribution < -0.4 is 5.73 Å². The normalized spacial score (nSPS) is 10.9. The van der Waals surface area contributed by atoms with Gasteiger partial charge in [0.05, 0.1) is 12.3 Å². The van der Waals surface area contributed by atoms with Gasteiger partial charge in [0.25, 0.3) is 5.91 Å². The summed E-state index contributed by atoms with van der Waals surface area (Å²) in [5, 5.41) is 9.75. The van der Waals surface area contributed by atoms with Crippen LogP contribution >= 0.6 is 0 Å². The molecular weight excluding hydrogens is 357 g/mol. The fraction of sp³-hybridized carbons (Fsp3) is 0.0455. The van der Waals surface area contributed by atoms with Crippen LogP contribution in [0.4, 0.5) is 4.39 Å². The Morgan fingerprint density at radius 3 is 2.39 bits per heavy atom. The number of fused-ring (bicyclic) bond motifs is 1. The Morgan fingerprint density at radius 1 is 1.04 bits per heavy atom. The number of amides is 1. The molecule has 4 rings (SSSR count). The van der Waals surface area contributed by atoms with Crippen LogP contribution in [0.5, 0.6) is 0 Å². The fourth-order valence-corrected chi connectivity index (χ4v) is 3.10. The number of pyridine rings is 2. The van der Waals surface area contributed by atoms with Crippen molar-refractivity contribution in [1.82, 2.24) is 9.97 Å². The molecule has 0 fully saturated rings. The Kier molecular flexibility index (Phi) is 4.55. The maximum Gasteiger partial charge on any atom is 0.270 e. The molecule has 0 atom stereocenters. The molecule has 1 amide bonds. The first kappa shape index (κ1) is 17.8. The molecule has 0 aliphatic heterocycles. The number of hydrogen-bond acceptors (Lipinski definition) is 4. The monoisotopic (exact) mass is 373 g/mol. The molecular formula is C22H16FN3O2. The van der Waals surface area contributed by atoms with Crippen molar-refractivity contribution < 1.29 is 14.3 Å². The van der Waals surface area contributed by atoms with E-state index in [1.165, 1.54) is 6.20 Å². The lowest BCUT2D eigenvalue weighted by atomic mass is 9.97. The standard InChI is InChI=1S/C22H16FN3O2/c23-18-20-16(11-25-21(18)22(24)28)10-17(14-4-2-1-3-5-14)19(26-20)15-8-6-13(12-27)7-9-15/h1-11,27H,12H2,(H2,24,28). The second-order valence-corrected chi connectivity index (χ2v) is 6.33. The highest BCUT2D eigenvalue weighted by Gasteiger charge is 2.18. The van der Waals surface area contributed by atoms with E-state index in [0.29, 0.717) is 11.1 Å². The molecule has 2 heterocycles. The van der Waals surface area contributed by atoms with Gasteiger partial charge in [-0.25, -0.2) is 14.4 Å². The summed E-state index contributed by atoms with van der Waals surface area (Å²) >= 11 is 0. The van der Waals surface area contributed by atoms with Gasteiger partial charge in [-0.1, -0.05) is 54.6 Å². The zero-order valence-electron chi connectivity index (χ0n) is 14.8. The highest BCUT2D eigenvalue weighted by molar-refractivity contribution is 5.97. The van der Waals surface area contributed by atoms with Gasteiger partial charge in [-0.2, -0.15) is 0 Å². The van der Waals surface area contributed by atoms with Gasteiger partial charge in [-0.05, 0) is 17.2 Å². The number of carbonyl (C=O) groups is 1. The van der Waals surface area contributed by atoms with Gasteiger partial charge in [0.1, 0.15) is 5.52 Å².